The summed E-state index contributed by atoms with van der Waals surface area (Å²) >= 11 is 3.39. The van der Waals surface area contributed by atoms with E-state index in [2.05, 4.69) is 25.6 Å². The fourth-order valence-corrected chi connectivity index (χ4v) is 2.84. The van der Waals surface area contributed by atoms with Crippen LogP contribution in [0.15, 0.2) is 22.9 Å². The standard InChI is InChI=1S/C11H15BrN2O2S/c1-2-17(15,16)14-8-11(3-4-11)9-5-10(12)7-13-6-9/h5-7,14H,2-4,8H2,1H3. The zero-order valence-corrected chi connectivity index (χ0v) is 12.0. The molecule has 1 heterocycles. The second-order valence-electron chi connectivity index (χ2n) is 4.40. The lowest BCUT2D eigenvalue weighted by atomic mass is 9.98. The van der Waals surface area contributed by atoms with E-state index in [1.807, 2.05) is 12.3 Å². The number of hydrogen-bond acceptors (Lipinski definition) is 3. The zero-order valence-electron chi connectivity index (χ0n) is 9.61. The number of sulfonamides is 1. The summed E-state index contributed by atoms with van der Waals surface area (Å²) in [4.78, 5) is 4.13. The molecule has 0 saturated heterocycles. The van der Waals surface area contributed by atoms with Gasteiger partial charge in [-0.2, -0.15) is 0 Å². The maximum Gasteiger partial charge on any atom is 0.211 e. The minimum Gasteiger partial charge on any atom is -0.263 e. The van der Waals surface area contributed by atoms with Crippen molar-refractivity contribution in [3.8, 4) is 0 Å². The van der Waals surface area contributed by atoms with Crippen LogP contribution in [-0.4, -0.2) is 25.7 Å². The predicted molar refractivity (Wildman–Crippen MR) is 70.3 cm³/mol. The van der Waals surface area contributed by atoms with Gasteiger partial charge in [0.1, 0.15) is 0 Å². The molecule has 1 aliphatic carbocycles. The monoisotopic (exact) mass is 318 g/mol. The van der Waals surface area contributed by atoms with E-state index >= 15 is 0 Å². The molecule has 0 atom stereocenters. The number of hydrogen-bond donors (Lipinski definition) is 1. The number of rotatable bonds is 5. The van der Waals surface area contributed by atoms with E-state index in [0.29, 0.717) is 6.54 Å². The molecule has 1 N–H and O–H groups in total. The van der Waals surface area contributed by atoms with Crippen molar-refractivity contribution in [1.82, 2.24) is 9.71 Å². The highest BCUT2D eigenvalue weighted by atomic mass is 79.9. The molecule has 4 nitrogen and oxygen atoms in total. The molecular weight excluding hydrogens is 304 g/mol. The van der Waals surface area contributed by atoms with E-state index < -0.39 is 10.0 Å². The van der Waals surface area contributed by atoms with Crippen LogP contribution in [0.3, 0.4) is 0 Å². The van der Waals surface area contributed by atoms with Gasteiger partial charge in [0.25, 0.3) is 0 Å². The van der Waals surface area contributed by atoms with Crippen LogP contribution >= 0.6 is 15.9 Å². The summed E-state index contributed by atoms with van der Waals surface area (Å²) in [6.07, 6.45) is 5.57. The van der Waals surface area contributed by atoms with Crippen LogP contribution in [0.5, 0.6) is 0 Å². The van der Waals surface area contributed by atoms with Crippen molar-refractivity contribution >= 4 is 26.0 Å². The first kappa shape index (κ1) is 13.0. The molecule has 17 heavy (non-hydrogen) atoms. The topological polar surface area (TPSA) is 59.1 Å². The van der Waals surface area contributed by atoms with E-state index in [0.717, 1.165) is 22.9 Å². The molecule has 1 aliphatic rings. The maximum atomic E-state index is 11.4. The summed E-state index contributed by atoms with van der Waals surface area (Å²) in [6.45, 7) is 2.11. The summed E-state index contributed by atoms with van der Waals surface area (Å²) in [5, 5.41) is 0. The van der Waals surface area contributed by atoms with Crippen LogP contribution in [0.4, 0.5) is 0 Å². The van der Waals surface area contributed by atoms with Crippen molar-refractivity contribution < 1.29 is 8.42 Å². The number of nitrogens with zero attached hydrogens (tertiary/aromatic N) is 1. The first-order valence-electron chi connectivity index (χ1n) is 5.56. The van der Waals surface area contributed by atoms with Crippen LogP contribution in [0.25, 0.3) is 0 Å². The van der Waals surface area contributed by atoms with Crippen molar-refractivity contribution in [3.63, 3.8) is 0 Å². The van der Waals surface area contributed by atoms with E-state index in [9.17, 15) is 8.42 Å². The third-order valence-corrected chi connectivity index (χ3v) is 4.96. The van der Waals surface area contributed by atoms with Crippen molar-refractivity contribution in [2.75, 3.05) is 12.3 Å². The van der Waals surface area contributed by atoms with Gasteiger partial charge in [0.2, 0.25) is 10.0 Å². The highest BCUT2D eigenvalue weighted by Gasteiger charge is 2.45. The average Bonchev–Trinajstić information content (AvgIpc) is 3.08. The van der Waals surface area contributed by atoms with Gasteiger partial charge in [0, 0.05) is 28.8 Å². The van der Waals surface area contributed by atoms with Crippen LogP contribution in [0.2, 0.25) is 0 Å². The van der Waals surface area contributed by atoms with Crippen molar-refractivity contribution in [2.45, 2.75) is 25.2 Å². The Balaban J connectivity index is 2.11. The minimum absolute atomic E-state index is 0.0426. The maximum absolute atomic E-state index is 11.4. The van der Waals surface area contributed by atoms with Gasteiger partial charge in [-0.15, -0.1) is 0 Å². The van der Waals surface area contributed by atoms with Gasteiger partial charge >= 0.3 is 0 Å². The highest BCUT2D eigenvalue weighted by molar-refractivity contribution is 9.10. The van der Waals surface area contributed by atoms with Gasteiger partial charge in [-0.05, 0) is 47.3 Å². The molecule has 0 aliphatic heterocycles. The Hall–Kier alpha value is -0.460. The molecule has 1 aromatic rings. The first-order valence-corrected chi connectivity index (χ1v) is 8.00. The molecule has 0 bridgehead atoms. The van der Waals surface area contributed by atoms with Gasteiger partial charge in [-0.3, -0.25) is 4.98 Å². The largest absolute Gasteiger partial charge is 0.263 e. The third kappa shape index (κ3) is 3.05. The molecular formula is C11H15BrN2O2S. The molecule has 6 heteroatoms. The van der Waals surface area contributed by atoms with Gasteiger partial charge in [0.05, 0.1) is 5.75 Å². The minimum atomic E-state index is -3.11. The summed E-state index contributed by atoms with van der Waals surface area (Å²) in [6, 6.07) is 2.01. The van der Waals surface area contributed by atoms with Crippen LogP contribution in [0, 0.1) is 0 Å². The quantitative estimate of drug-likeness (QED) is 0.900. The van der Waals surface area contributed by atoms with E-state index in [4.69, 9.17) is 0 Å². The Morgan fingerprint density at radius 2 is 2.18 bits per heavy atom. The second kappa shape index (κ2) is 4.66. The first-order chi connectivity index (χ1) is 7.97. The summed E-state index contributed by atoms with van der Waals surface area (Å²) < 4.78 is 26.5. The number of halogens is 1. The lowest BCUT2D eigenvalue weighted by Crippen LogP contribution is -2.33. The van der Waals surface area contributed by atoms with Gasteiger partial charge < -0.3 is 0 Å². The van der Waals surface area contributed by atoms with E-state index in [-0.39, 0.29) is 11.2 Å². The van der Waals surface area contributed by atoms with Crippen molar-refractivity contribution in [1.29, 1.82) is 0 Å². The number of pyridine rings is 1. The van der Waals surface area contributed by atoms with Crippen LogP contribution in [-0.2, 0) is 15.4 Å². The second-order valence-corrected chi connectivity index (χ2v) is 7.41. The predicted octanol–water partition coefficient (Wildman–Crippen LogP) is 1.81. The third-order valence-electron chi connectivity index (χ3n) is 3.18. The molecule has 2 rings (SSSR count). The Labute approximate surface area is 110 Å². The zero-order chi connectivity index (χ0) is 12.5. The SMILES string of the molecule is CCS(=O)(=O)NCC1(c2cncc(Br)c2)CC1. The molecule has 0 unspecified atom stereocenters. The molecule has 0 spiro atoms. The Bertz CT molecular complexity index is 512. The van der Waals surface area contributed by atoms with Gasteiger partial charge in [-0.1, -0.05) is 0 Å². The fraction of sp³-hybridized carbons (Fsp3) is 0.545. The fourth-order valence-electron chi connectivity index (χ4n) is 1.77. The van der Waals surface area contributed by atoms with Crippen LogP contribution in [0.1, 0.15) is 25.3 Å². The molecule has 1 aromatic heterocycles. The average molecular weight is 319 g/mol. The number of nitrogens with one attached hydrogen (secondary N) is 1. The highest BCUT2D eigenvalue weighted by Crippen LogP contribution is 2.47. The molecule has 1 fully saturated rings. The smallest absolute Gasteiger partial charge is 0.211 e. The summed E-state index contributed by atoms with van der Waals surface area (Å²) in [5.74, 6) is 0.125. The Kier molecular flexibility index (Phi) is 3.56. The number of aromatic nitrogens is 1. The molecule has 0 amide bonds. The lowest BCUT2D eigenvalue weighted by Gasteiger charge is -2.16. The molecule has 0 radical (unpaired) electrons. The normalized spacial score (nSPS) is 18.0. The molecule has 1 saturated carbocycles. The van der Waals surface area contributed by atoms with Gasteiger partial charge in [0.15, 0.2) is 0 Å². The van der Waals surface area contributed by atoms with Crippen LogP contribution < -0.4 is 4.72 Å². The lowest BCUT2D eigenvalue weighted by molar-refractivity contribution is 0.568. The van der Waals surface area contributed by atoms with E-state index in [1.165, 1.54) is 0 Å². The Morgan fingerprint density at radius 1 is 1.47 bits per heavy atom. The van der Waals surface area contributed by atoms with Crippen molar-refractivity contribution in [2.24, 2.45) is 0 Å². The summed E-state index contributed by atoms with van der Waals surface area (Å²) in [7, 11) is -3.11. The van der Waals surface area contributed by atoms with E-state index in [1.54, 1.807) is 13.1 Å². The van der Waals surface area contributed by atoms with Gasteiger partial charge in [-0.25, -0.2) is 13.1 Å². The molecule has 0 aromatic carbocycles. The van der Waals surface area contributed by atoms with Crippen molar-refractivity contribution in [3.05, 3.63) is 28.5 Å². The molecule has 94 valence electrons. The summed E-state index contributed by atoms with van der Waals surface area (Å²) in [5.41, 5.74) is 1.06. The Morgan fingerprint density at radius 3 is 2.71 bits per heavy atom.